The van der Waals surface area contributed by atoms with Gasteiger partial charge in [0.2, 0.25) is 0 Å². The van der Waals surface area contributed by atoms with Crippen molar-refractivity contribution in [2.75, 3.05) is 5.32 Å². The third-order valence-corrected chi connectivity index (χ3v) is 2.90. The van der Waals surface area contributed by atoms with Crippen molar-refractivity contribution in [1.82, 2.24) is 0 Å². The summed E-state index contributed by atoms with van der Waals surface area (Å²) in [6.07, 6.45) is 1.17. The van der Waals surface area contributed by atoms with Gasteiger partial charge in [0.1, 0.15) is 0 Å². The van der Waals surface area contributed by atoms with Crippen molar-refractivity contribution in [3.05, 3.63) is 29.3 Å². The first-order valence-corrected chi connectivity index (χ1v) is 5.37. The number of rotatable bonds is 0. The summed E-state index contributed by atoms with van der Waals surface area (Å²) in [5, 5.41) is 3.51. The quantitative estimate of drug-likeness (QED) is 0.660. The highest BCUT2D eigenvalue weighted by atomic mass is 14.9. The number of hydrogen-bond acceptors (Lipinski definition) is 1. The summed E-state index contributed by atoms with van der Waals surface area (Å²) in [7, 11) is 0. The molecule has 1 nitrogen and oxygen atoms in total. The molecule has 14 heavy (non-hydrogen) atoms. The standard InChI is InChI=1S/C13H19N/c1-9-8-10-11(13(2,3)4)6-5-7-12(10)14-9/h5-7,9,14H,8H2,1-4H3. The molecule has 0 aliphatic carbocycles. The second-order valence-corrected chi connectivity index (χ2v) is 5.33. The van der Waals surface area contributed by atoms with Gasteiger partial charge in [-0.05, 0) is 36.0 Å². The molecule has 76 valence electrons. The topological polar surface area (TPSA) is 12.0 Å². The second kappa shape index (κ2) is 3.01. The van der Waals surface area contributed by atoms with Crippen LogP contribution in [0, 0.1) is 0 Å². The van der Waals surface area contributed by atoms with Crippen LogP contribution in [0.5, 0.6) is 0 Å². The minimum Gasteiger partial charge on any atom is -0.382 e. The molecule has 0 bridgehead atoms. The molecule has 1 aliphatic heterocycles. The average molecular weight is 189 g/mol. The minimum atomic E-state index is 0.261. The van der Waals surface area contributed by atoms with E-state index in [4.69, 9.17) is 0 Å². The Labute approximate surface area is 86.5 Å². The van der Waals surface area contributed by atoms with Crippen LogP contribution in [-0.2, 0) is 11.8 Å². The van der Waals surface area contributed by atoms with Crippen molar-refractivity contribution in [3.8, 4) is 0 Å². The maximum atomic E-state index is 3.51. The van der Waals surface area contributed by atoms with Crippen LogP contribution in [0.1, 0.15) is 38.8 Å². The summed E-state index contributed by atoms with van der Waals surface area (Å²) in [6.45, 7) is 9.09. The summed E-state index contributed by atoms with van der Waals surface area (Å²) >= 11 is 0. The molecule has 1 aromatic carbocycles. The van der Waals surface area contributed by atoms with E-state index in [-0.39, 0.29) is 5.41 Å². The van der Waals surface area contributed by atoms with Gasteiger partial charge in [-0.2, -0.15) is 0 Å². The fourth-order valence-electron chi connectivity index (χ4n) is 2.27. The van der Waals surface area contributed by atoms with Crippen LogP contribution < -0.4 is 5.32 Å². The van der Waals surface area contributed by atoms with Gasteiger partial charge in [0.25, 0.3) is 0 Å². The van der Waals surface area contributed by atoms with E-state index >= 15 is 0 Å². The van der Waals surface area contributed by atoms with Gasteiger partial charge >= 0.3 is 0 Å². The van der Waals surface area contributed by atoms with Crippen LogP contribution >= 0.6 is 0 Å². The van der Waals surface area contributed by atoms with Crippen LogP contribution in [0.15, 0.2) is 18.2 Å². The fourth-order valence-corrected chi connectivity index (χ4v) is 2.27. The Hall–Kier alpha value is -0.980. The third-order valence-electron chi connectivity index (χ3n) is 2.90. The predicted molar refractivity (Wildman–Crippen MR) is 61.9 cm³/mol. The van der Waals surface area contributed by atoms with Crippen LogP contribution in [-0.4, -0.2) is 6.04 Å². The van der Waals surface area contributed by atoms with Crippen molar-refractivity contribution < 1.29 is 0 Å². The van der Waals surface area contributed by atoms with Gasteiger partial charge in [-0.3, -0.25) is 0 Å². The van der Waals surface area contributed by atoms with Crippen molar-refractivity contribution in [2.24, 2.45) is 0 Å². The normalized spacial score (nSPS) is 20.4. The van der Waals surface area contributed by atoms with Gasteiger partial charge in [-0.1, -0.05) is 32.9 Å². The monoisotopic (exact) mass is 189 g/mol. The Morgan fingerprint density at radius 1 is 1.29 bits per heavy atom. The van der Waals surface area contributed by atoms with Gasteiger partial charge in [0.15, 0.2) is 0 Å². The zero-order valence-electron chi connectivity index (χ0n) is 9.52. The Morgan fingerprint density at radius 3 is 2.64 bits per heavy atom. The molecule has 0 fully saturated rings. The molecule has 1 heteroatoms. The van der Waals surface area contributed by atoms with Gasteiger partial charge in [-0.15, -0.1) is 0 Å². The Bertz CT molecular complexity index is 347. The third kappa shape index (κ3) is 1.52. The molecule has 1 unspecified atom stereocenters. The van der Waals surface area contributed by atoms with Gasteiger partial charge in [0, 0.05) is 11.7 Å². The van der Waals surface area contributed by atoms with Gasteiger partial charge < -0.3 is 5.32 Å². The van der Waals surface area contributed by atoms with E-state index < -0.39 is 0 Å². The number of hydrogen-bond donors (Lipinski definition) is 1. The Balaban J connectivity index is 2.50. The smallest absolute Gasteiger partial charge is 0.0378 e. The minimum absolute atomic E-state index is 0.261. The fraction of sp³-hybridized carbons (Fsp3) is 0.538. The number of fused-ring (bicyclic) bond motifs is 1. The maximum absolute atomic E-state index is 3.51. The molecule has 0 amide bonds. The zero-order valence-corrected chi connectivity index (χ0v) is 9.52. The summed E-state index contributed by atoms with van der Waals surface area (Å²) < 4.78 is 0. The summed E-state index contributed by atoms with van der Waals surface area (Å²) in [4.78, 5) is 0. The highest BCUT2D eigenvalue weighted by molar-refractivity contribution is 5.60. The summed E-state index contributed by atoms with van der Waals surface area (Å²) in [5.74, 6) is 0. The molecular weight excluding hydrogens is 170 g/mol. The van der Waals surface area contributed by atoms with Gasteiger partial charge in [0.05, 0.1) is 0 Å². The molecule has 1 aromatic rings. The van der Waals surface area contributed by atoms with Crippen molar-refractivity contribution in [2.45, 2.75) is 45.6 Å². The lowest BCUT2D eigenvalue weighted by atomic mass is 9.83. The molecule has 0 saturated heterocycles. The van der Waals surface area contributed by atoms with E-state index in [1.54, 1.807) is 0 Å². The Morgan fingerprint density at radius 2 is 2.00 bits per heavy atom. The lowest BCUT2D eigenvalue weighted by molar-refractivity contribution is 0.583. The second-order valence-electron chi connectivity index (χ2n) is 5.33. The molecule has 0 spiro atoms. The van der Waals surface area contributed by atoms with E-state index in [1.807, 2.05) is 0 Å². The van der Waals surface area contributed by atoms with Gasteiger partial charge in [-0.25, -0.2) is 0 Å². The van der Waals surface area contributed by atoms with Crippen molar-refractivity contribution in [3.63, 3.8) is 0 Å². The average Bonchev–Trinajstić information content (AvgIpc) is 2.41. The lowest BCUT2D eigenvalue weighted by Crippen LogP contribution is -2.14. The number of nitrogens with one attached hydrogen (secondary N) is 1. The molecule has 1 heterocycles. The highest BCUT2D eigenvalue weighted by Crippen LogP contribution is 2.35. The van der Waals surface area contributed by atoms with E-state index in [2.05, 4.69) is 51.2 Å². The molecule has 2 rings (SSSR count). The van der Waals surface area contributed by atoms with E-state index in [1.165, 1.54) is 23.2 Å². The number of benzene rings is 1. The SMILES string of the molecule is CC1Cc2c(cccc2C(C)(C)C)N1. The molecule has 1 aliphatic rings. The van der Waals surface area contributed by atoms with Crippen molar-refractivity contribution in [1.29, 1.82) is 0 Å². The maximum Gasteiger partial charge on any atom is 0.0378 e. The molecular formula is C13H19N. The molecule has 0 aromatic heterocycles. The summed E-state index contributed by atoms with van der Waals surface area (Å²) in [6, 6.07) is 7.20. The summed E-state index contributed by atoms with van der Waals surface area (Å²) in [5.41, 5.74) is 4.61. The zero-order chi connectivity index (χ0) is 10.3. The predicted octanol–water partition coefficient (Wildman–Crippen LogP) is 3.34. The van der Waals surface area contributed by atoms with Crippen LogP contribution in [0.2, 0.25) is 0 Å². The first kappa shape index (κ1) is 9.57. The lowest BCUT2D eigenvalue weighted by Gasteiger charge is -2.22. The van der Waals surface area contributed by atoms with E-state index in [9.17, 15) is 0 Å². The molecule has 1 N–H and O–H groups in total. The van der Waals surface area contributed by atoms with Crippen LogP contribution in [0.25, 0.3) is 0 Å². The number of anilines is 1. The largest absolute Gasteiger partial charge is 0.382 e. The van der Waals surface area contributed by atoms with Crippen LogP contribution in [0.3, 0.4) is 0 Å². The first-order valence-electron chi connectivity index (χ1n) is 5.37. The van der Waals surface area contributed by atoms with E-state index in [0.717, 1.165) is 0 Å². The van der Waals surface area contributed by atoms with Crippen LogP contribution in [0.4, 0.5) is 5.69 Å². The molecule has 0 saturated carbocycles. The van der Waals surface area contributed by atoms with E-state index in [0.29, 0.717) is 6.04 Å². The molecule has 0 radical (unpaired) electrons. The molecule has 1 atom stereocenters. The van der Waals surface area contributed by atoms with Crippen molar-refractivity contribution >= 4 is 5.69 Å². The highest BCUT2D eigenvalue weighted by Gasteiger charge is 2.24. The Kier molecular flexibility index (Phi) is 2.06. The first-order chi connectivity index (χ1) is 6.48.